The minimum absolute atomic E-state index is 0.0715. The Balaban J connectivity index is 1.94. The molecule has 7 nitrogen and oxygen atoms in total. The van der Waals surface area contributed by atoms with Crippen LogP contribution in [-0.4, -0.2) is 70.9 Å². The van der Waals surface area contributed by atoms with Crippen molar-refractivity contribution in [1.29, 1.82) is 0 Å². The van der Waals surface area contributed by atoms with Crippen molar-refractivity contribution in [2.45, 2.75) is 72.6 Å². The summed E-state index contributed by atoms with van der Waals surface area (Å²) >= 11 is 0. The molecule has 0 radical (unpaired) electrons. The number of rotatable bonds is 8. The van der Waals surface area contributed by atoms with Crippen LogP contribution in [0.4, 0.5) is 5.82 Å². The van der Waals surface area contributed by atoms with Crippen molar-refractivity contribution < 1.29 is 9.53 Å². The first kappa shape index (κ1) is 25.8. The Hall–Kier alpha value is -2.80. The molecule has 0 aromatic carbocycles. The highest BCUT2D eigenvalue weighted by atomic mass is 16.5. The summed E-state index contributed by atoms with van der Waals surface area (Å²) in [5.74, 6) is 1.09. The number of aliphatic imine (C=N–C) groups is 1. The Morgan fingerprint density at radius 3 is 2.50 bits per heavy atom. The number of piperazine rings is 1. The fourth-order valence-corrected chi connectivity index (χ4v) is 4.40. The molecule has 1 saturated heterocycles. The van der Waals surface area contributed by atoms with E-state index in [0.717, 1.165) is 53.5 Å². The standard InChI is InChI=1S/C27H39N5O2/c1-8-21-15-22(23(27(30-21)18(3)4)14-20(7)34-19(5)6)24-16-25(29-17-28-24)31-10-12-32(13-11-31)26(33)9-2/h14-17,19-21H,3,8-13H2,1-2,4-7H3/b23-14-. The number of dihydropyridines is 1. The van der Waals surface area contributed by atoms with Gasteiger partial charge in [0.1, 0.15) is 12.1 Å². The van der Waals surface area contributed by atoms with Crippen molar-refractivity contribution in [1.82, 2.24) is 14.9 Å². The SMILES string of the molecule is C=C(C)C1=NC(CC)C=C(c2cc(N3CCN(C(=O)CC)CC3)ncn2)/C1=C/C(C)OC(C)C. The van der Waals surface area contributed by atoms with Gasteiger partial charge in [-0.2, -0.15) is 0 Å². The van der Waals surface area contributed by atoms with Crippen LogP contribution in [0.2, 0.25) is 0 Å². The van der Waals surface area contributed by atoms with Gasteiger partial charge in [-0.1, -0.05) is 26.5 Å². The maximum absolute atomic E-state index is 12.0. The lowest BCUT2D eigenvalue weighted by atomic mass is 9.88. The van der Waals surface area contributed by atoms with Crippen molar-refractivity contribution in [3.63, 3.8) is 0 Å². The first-order valence-corrected chi connectivity index (χ1v) is 12.4. The van der Waals surface area contributed by atoms with Crippen LogP contribution < -0.4 is 4.90 Å². The molecule has 0 spiro atoms. The quantitative estimate of drug-likeness (QED) is 0.567. The summed E-state index contributed by atoms with van der Waals surface area (Å²) in [6, 6.07) is 2.13. The molecule has 2 unspecified atom stereocenters. The van der Waals surface area contributed by atoms with Gasteiger partial charge in [-0.05, 0) is 45.8 Å². The van der Waals surface area contributed by atoms with Gasteiger partial charge in [-0.15, -0.1) is 0 Å². The first-order chi connectivity index (χ1) is 16.2. The molecular weight excluding hydrogens is 426 g/mol. The van der Waals surface area contributed by atoms with E-state index < -0.39 is 0 Å². The van der Waals surface area contributed by atoms with Crippen LogP contribution in [0, 0.1) is 0 Å². The Bertz CT molecular complexity index is 986. The second-order valence-corrected chi connectivity index (χ2v) is 9.27. The number of carbonyl (C=O) groups excluding carboxylic acids is 1. The molecule has 1 aromatic rings. The topological polar surface area (TPSA) is 70.9 Å². The fourth-order valence-electron chi connectivity index (χ4n) is 4.40. The lowest BCUT2D eigenvalue weighted by Gasteiger charge is -2.35. The number of anilines is 1. The van der Waals surface area contributed by atoms with Crippen LogP contribution in [0.1, 0.15) is 60.1 Å². The maximum Gasteiger partial charge on any atom is 0.222 e. The Morgan fingerprint density at radius 2 is 1.91 bits per heavy atom. The predicted octanol–water partition coefficient (Wildman–Crippen LogP) is 4.47. The number of aromatic nitrogens is 2. The van der Waals surface area contributed by atoms with Gasteiger partial charge in [0, 0.05) is 49.8 Å². The van der Waals surface area contributed by atoms with Crippen LogP contribution in [-0.2, 0) is 9.53 Å². The van der Waals surface area contributed by atoms with Gasteiger partial charge in [0.25, 0.3) is 0 Å². The Labute approximate surface area is 204 Å². The average Bonchev–Trinajstić information content (AvgIpc) is 2.83. The third-order valence-corrected chi connectivity index (χ3v) is 6.10. The van der Waals surface area contributed by atoms with Gasteiger partial charge in [0.15, 0.2) is 0 Å². The van der Waals surface area contributed by atoms with Crippen molar-refractivity contribution in [3.8, 4) is 0 Å². The molecule has 2 aliphatic rings. The minimum Gasteiger partial charge on any atom is -0.372 e. The first-order valence-electron chi connectivity index (χ1n) is 12.4. The van der Waals surface area contributed by atoms with Crippen molar-refractivity contribution in [2.75, 3.05) is 31.1 Å². The van der Waals surface area contributed by atoms with E-state index in [9.17, 15) is 4.79 Å². The van der Waals surface area contributed by atoms with Crippen LogP contribution in [0.25, 0.3) is 5.57 Å². The van der Waals surface area contributed by atoms with Crippen molar-refractivity contribution >= 4 is 23.0 Å². The Kier molecular flexibility index (Phi) is 8.78. The summed E-state index contributed by atoms with van der Waals surface area (Å²) in [6.45, 7) is 19.3. The van der Waals surface area contributed by atoms with Crippen molar-refractivity contribution in [3.05, 3.63) is 48.0 Å². The maximum atomic E-state index is 12.0. The summed E-state index contributed by atoms with van der Waals surface area (Å²) in [6.07, 6.45) is 7.45. The van der Waals surface area contributed by atoms with E-state index in [4.69, 9.17) is 9.73 Å². The highest BCUT2D eigenvalue weighted by Crippen LogP contribution is 2.33. The molecule has 0 N–H and O–H groups in total. The van der Waals surface area contributed by atoms with Gasteiger partial charge in [0.2, 0.25) is 5.91 Å². The largest absolute Gasteiger partial charge is 0.372 e. The third kappa shape index (κ3) is 6.20. The molecule has 2 aliphatic heterocycles. The van der Waals surface area contributed by atoms with E-state index >= 15 is 0 Å². The highest BCUT2D eigenvalue weighted by Gasteiger charge is 2.26. The molecular formula is C27H39N5O2. The molecule has 7 heteroatoms. The van der Waals surface area contributed by atoms with Crippen LogP contribution in [0.15, 0.2) is 47.3 Å². The van der Waals surface area contributed by atoms with Gasteiger partial charge in [-0.25, -0.2) is 9.97 Å². The smallest absolute Gasteiger partial charge is 0.222 e. The molecule has 3 rings (SSSR count). The monoisotopic (exact) mass is 465 g/mol. The zero-order valence-electron chi connectivity index (χ0n) is 21.5. The van der Waals surface area contributed by atoms with Crippen LogP contribution >= 0.6 is 0 Å². The van der Waals surface area contributed by atoms with E-state index in [1.54, 1.807) is 6.33 Å². The lowest BCUT2D eigenvalue weighted by molar-refractivity contribution is -0.131. The Morgan fingerprint density at radius 1 is 1.21 bits per heavy atom. The van der Waals surface area contributed by atoms with Crippen LogP contribution in [0.5, 0.6) is 0 Å². The molecule has 1 fully saturated rings. The molecule has 0 bridgehead atoms. The predicted molar refractivity (Wildman–Crippen MR) is 139 cm³/mol. The molecule has 0 saturated carbocycles. The zero-order chi connectivity index (χ0) is 24.8. The van der Waals surface area contributed by atoms with E-state index in [2.05, 4.69) is 53.5 Å². The number of allylic oxidation sites excluding steroid dienone is 3. The van der Waals surface area contributed by atoms with Gasteiger partial charge in [0.05, 0.1) is 29.7 Å². The number of nitrogens with zero attached hydrogens (tertiary/aromatic N) is 5. The summed E-state index contributed by atoms with van der Waals surface area (Å²) in [7, 11) is 0. The lowest BCUT2D eigenvalue weighted by Crippen LogP contribution is -2.48. The molecule has 184 valence electrons. The number of hydrogen-bond acceptors (Lipinski definition) is 6. The molecule has 3 heterocycles. The third-order valence-electron chi connectivity index (χ3n) is 6.10. The summed E-state index contributed by atoms with van der Waals surface area (Å²) in [5.41, 5.74) is 4.76. The zero-order valence-corrected chi connectivity index (χ0v) is 21.5. The molecule has 1 aromatic heterocycles. The number of ether oxygens (including phenoxy) is 1. The van der Waals surface area contributed by atoms with E-state index in [0.29, 0.717) is 19.5 Å². The number of amides is 1. The van der Waals surface area contributed by atoms with E-state index in [1.165, 1.54) is 0 Å². The molecule has 0 aliphatic carbocycles. The molecule has 2 atom stereocenters. The fraction of sp³-hybridized carbons (Fsp3) is 0.556. The van der Waals surface area contributed by atoms with Gasteiger partial charge < -0.3 is 14.5 Å². The van der Waals surface area contributed by atoms with Gasteiger partial charge >= 0.3 is 0 Å². The van der Waals surface area contributed by atoms with E-state index in [-0.39, 0.29) is 24.2 Å². The summed E-state index contributed by atoms with van der Waals surface area (Å²) < 4.78 is 6.01. The summed E-state index contributed by atoms with van der Waals surface area (Å²) in [5, 5.41) is 0. The number of hydrogen-bond donors (Lipinski definition) is 0. The second-order valence-electron chi connectivity index (χ2n) is 9.27. The van der Waals surface area contributed by atoms with Gasteiger partial charge in [-0.3, -0.25) is 9.79 Å². The summed E-state index contributed by atoms with van der Waals surface area (Å²) in [4.78, 5) is 30.4. The van der Waals surface area contributed by atoms with Crippen molar-refractivity contribution in [2.24, 2.45) is 4.99 Å². The minimum atomic E-state index is -0.0772. The second kappa shape index (κ2) is 11.6. The number of carbonyl (C=O) groups is 1. The highest BCUT2D eigenvalue weighted by molar-refractivity contribution is 6.22. The molecule has 34 heavy (non-hydrogen) atoms. The normalized spacial score (nSPS) is 20.9. The molecule has 1 amide bonds. The van der Waals surface area contributed by atoms with E-state index in [1.807, 2.05) is 32.6 Å². The average molecular weight is 466 g/mol. The van der Waals surface area contributed by atoms with Crippen LogP contribution in [0.3, 0.4) is 0 Å².